The molecular formula is C15H19F2NO. The van der Waals surface area contributed by atoms with Gasteiger partial charge in [-0.3, -0.25) is 0 Å². The van der Waals surface area contributed by atoms with Crippen molar-refractivity contribution in [3.05, 3.63) is 35.4 Å². The summed E-state index contributed by atoms with van der Waals surface area (Å²) in [6, 6.07) is 3.97. The van der Waals surface area contributed by atoms with Gasteiger partial charge in [-0.05, 0) is 37.2 Å². The Morgan fingerprint density at radius 2 is 2.16 bits per heavy atom. The first kappa shape index (κ1) is 13.0. The van der Waals surface area contributed by atoms with E-state index >= 15 is 0 Å². The lowest BCUT2D eigenvalue weighted by Crippen LogP contribution is -2.41. The molecule has 4 atom stereocenters. The van der Waals surface area contributed by atoms with Gasteiger partial charge in [-0.2, -0.15) is 0 Å². The molecule has 19 heavy (non-hydrogen) atoms. The van der Waals surface area contributed by atoms with Crippen molar-refractivity contribution in [3.8, 4) is 0 Å². The number of aliphatic hydroxyl groups excluding tert-OH is 1. The second-order valence-electron chi connectivity index (χ2n) is 6.06. The number of hydrogen-bond acceptors (Lipinski definition) is 2. The third kappa shape index (κ3) is 1.81. The highest BCUT2D eigenvalue weighted by Gasteiger charge is 2.54. The molecule has 0 radical (unpaired) electrons. The number of rotatable bonds is 3. The molecule has 4 heteroatoms. The van der Waals surface area contributed by atoms with Gasteiger partial charge in [0.1, 0.15) is 0 Å². The highest BCUT2D eigenvalue weighted by Crippen LogP contribution is 2.60. The zero-order chi connectivity index (χ0) is 13.6. The molecule has 2 saturated carbocycles. The van der Waals surface area contributed by atoms with Crippen LogP contribution in [0.3, 0.4) is 0 Å². The van der Waals surface area contributed by atoms with E-state index in [1.54, 1.807) is 0 Å². The second kappa shape index (κ2) is 4.53. The Labute approximate surface area is 111 Å². The third-order valence-electron chi connectivity index (χ3n) is 5.22. The van der Waals surface area contributed by atoms with E-state index in [1.165, 1.54) is 18.6 Å². The molecule has 2 nitrogen and oxygen atoms in total. The van der Waals surface area contributed by atoms with E-state index in [-0.39, 0.29) is 5.56 Å². The van der Waals surface area contributed by atoms with Crippen LogP contribution in [0.2, 0.25) is 0 Å². The van der Waals surface area contributed by atoms with Gasteiger partial charge in [0, 0.05) is 17.5 Å². The molecule has 0 aromatic heterocycles. The fourth-order valence-electron chi connectivity index (χ4n) is 4.22. The molecule has 2 aliphatic rings. The van der Waals surface area contributed by atoms with Gasteiger partial charge in [0.25, 0.3) is 0 Å². The first-order valence-corrected chi connectivity index (χ1v) is 6.90. The maximum atomic E-state index is 13.9. The van der Waals surface area contributed by atoms with Crippen LogP contribution in [-0.2, 0) is 0 Å². The van der Waals surface area contributed by atoms with Crippen molar-refractivity contribution in [1.82, 2.24) is 0 Å². The molecule has 0 saturated heterocycles. The summed E-state index contributed by atoms with van der Waals surface area (Å²) < 4.78 is 27.2. The minimum absolute atomic E-state index is 0.0537. The molecule has 3 rings (SSSR count). The van der Waals surface area contributed by atoms with Crippen LogP contribution in [0.15, 0.2) is 18.2 Å². The summed E-state index contributed by atoms with van der Waals surface area (Å²) in [6.45, 7) is 0.325. The van der Waals surface area contributed by atoms with Gasteiger partial charge in [-0.1, -0.05) is 18.6 Å². The summed E-state index contributed by atoms with van der Waals surface area (Å²) in [6.07, 6.45) is 3.08. The van der Waals surface area contributed by atoms with Crippen molar-refractivity contribution >= 4 is 0 Å². The molecule has 2 fully saturated rings. The standard InChI is InChI=1S/C15H19F2NO/c16-12-3-1-2-11(13(12)17)14(19)15(8-18)7-9-4-5-10(15)6-9/h1-3,9-10,14,19H,4-8,18H2. The van der Waals surface area contributed by atoms with Crippen molar-refractivity contribution in [1.29, 1.82) is 0 Å². The fourth-order valence-corrected chi connectivity index (χ4v) is 4.22. The molecule has 1 aromatic rings. The van der Waals surface area contributed by atoms with Crippen molar-refractivity contribution in [2.45, 2.75) is 31.8 Å². The molecule has 2 bridgehead atoms. The van der Waals surface area contributed by atoms with E-state index in [2.05, 4.69) is 0 Å². The molecule has 0 heterocycles. The summed E-state index contributed by atoms with van der Waals surface area (Å²) in [5.74, 6) is -0.933. The van der Waals surface area contributed by atoms with Crippen LogP contribution in [-0.4, -0.2) is 11.7 Å². The lowest BCUT2D eigenvalue weighted by Gasteiger charge is -2.41. The Balaban J connectivity index is 1.98. The highest BCUT2D eigenvalue weighted by atomic mass is 19.2. The first-order valence-electron chi connectivity index (χ1n) is 6.90. The maximum Gasteiger partial charge on any atom is 0.164 e. The summed E-state index contributed by atoms with van der Waals surface area (Å²) in [5.41, 5.74) is 5.48. The topological polar surface area (TPSA) is 46.2 Å². The van der Waals surface area contributed by atoms with E-state index in [0.717, 1.165) is 25.3 Å². The van der Waals surface area contributed by atoms with Gasteiger partial charge >= 0.3 is 0 Å². The van der Waals surface area contributed by atoms with E-state index < -0.39 is 23.2 Å². The largest absolute Gasteiger partial charge is 0.388 e. The van der Waals surface area contributed by atoms with Crippen molar-refractivity contribution in [2.24, 2.45) is 23.0 Å². The lowest BCUT2D eigenvalue weighted by molar-refractivity contribution is -0.0154. The van der Waals surface area contributed by atoms with Gasteiger partial charge in [0.15, 0.2) is 11.6 Å². The molecule has 3 N–H and O–H groups in total. The van der Waals surface area contributed by atoms with Crippen LogP contribution in [0, 0.1) is 28.9 Å². The van der Waals surface area contributed by atoms with Crippen LogP contribution in [0.25, 0.3) is 0 Å². The zero-order valence-corrected chi connectivity index (χ0v) is 10.8. The number of nitrogens with two attached hydrogens (primary N) is 1. The number of aliphatic hydroxyl groups is 1. The Morgan fingerprint density at radius 3 is 2.74 bits per heavy atom. The molecule has 0 amide bonds. The summed E-state index contributed by atoms with van der Waals surface area (Å²) >= 11 is 0. The predicted molar refractivity (Wildman–Crippen MR) is 68.3 cm³/mol. The van der Waals surface area contributed by atoms with Crippen LogP contribution < -0.4 is 5.73 Å². The normalized spacial score (nSPS) is 34.7. The number of benzene rings is 1. The van der Waals surface area contributed by atoms with Crippen molar-refractivity contribution in [2.75, 3.05) is 6.54 Å². The van der Waals surface area contributed by atoms with Gasteiger partial charge in [-0.25, -0.2) is 8.78 Å². The summed E-state index contributed by atoms with van der Waals surface area (Å²) in [4.78, 5) is 0. The predicted octanol–water partition coefficient (Wildman–Crippen LogP) is 2.76. The van der Waals surface area contributed by atoms with Crippen LogP contribution in [0.1, 0.15) is 37.4 Å². The molecule has 104 valence electrons. The van der Waals surface area contributed by atoms with Gasteiger partial charge in [0.05, 0.1) is 6.10 Å². The minimum Gasteiger partial charge on any atom is -0.388 e. The maximum absolute atomic E-state index is 13.9. The van der Waals surface area contributed by atoms with Crippen molar-refractivity contribution < 1.29 is 13.9 Å². The van der Waals surface area contributed by atoms with E-state index in [4.69, 9.17) is 5.73 Å². The molecular weight excluding hydrogens is 248 g/mol. The fraction of sp³-hybridized carbons (Fsp3) is 0.600. The van der Waals surface area contributed by atoms with Crippen LogP contribution in [0.5, 0.6) is 0 Å². The second-order valence-corrected chi connectivity index (χ2v) is 6.06. The van der Waals surface area contributed by atoms with Gasteiger partial charge in [-0.15, -0.1) is 0 Å². The monoisotopic (exact) mass is 267 g/mol. The number of hydrogen-bond donors (Lipinski definition) is 2. The van der Waals surface area contributed by atoms with E-state index in [1.807, 2.05) is 0 Å². The lowest BCUT2D eigenvalue weighted by atomic mass is 9.67. The summed E-state index contributed by atoms with van der Waals surface area (Å²) in [5, 5.41) is 10.6. The first-order chi connectivity index (χ1) is 9.08. The quantitative estimate of drug-likeness (QED) is 0.884. The highest BCUT2D eigenvalue weighted by molar-refractivity contribution is 5.25. The molecule has 0 spiro atoms. The molecule has 1 aromatic carbocycles. The Morgan fingerprint density at radius 1 is 1.37 bits per heavy atom. The molecule has 0 aliphatic heterocycles. The number of fused-ring (bicyclic) bond motifs is 2. The average Bonchev–Trinajstić information content (AvgIpc) is 3.02. The Hall–Kier alpha value is -1.00. The summed E-state index contributed by atoms with van der Waals surface area (Å²) in [7, 11) is 0. The van der Waals surface area contributed by atoms with E-state index in [9.17, 15) is 13.9 Å². The SMILES string of the molecule is NCC1(C(O)c2cccc(F)c2F)CC2CCC1C2. The van der Waals surface area contributed by atoms with Crippen LogP contribution >= 0.6 is 0 Å². The van der Waals surface area contributed by atoms with Gasteiger partial charge in [0.2, 0.25) is 0 Å². The minimum atomic E-state index is -1.01. The smallest absolute Gasteiger partial charge is 0.164 e. The third-order valence-corrected chi connectivity index (χ3v) is 5.22. The average molecular weight is 267 g/mol. The Kier molecular flexibility index (Phi) is 3.10. The van der Waals surface area contributed by atoms with Crippen molar-refractivity contribution in [3.63, 3.8) is 0 Å². The molecule has 4 unspecified atom stereocenters. The van der Waals surface area contributed by atoms with Crippen LogP contribution in [0.4, 0.5) is 8.78 Å². The molecule has 2 aliphatic carbocycles. The zero-order valence-electron chi connectivity index (χ0n) is 10.8. The van der Waals surface area contributed by atoms with Gasteiger partial charge < -0.3 is 10.8 Å². The van der Waals surface area contributed by atoms with E-state index in [0.29, 0.717) is 18.4 Å². The number of halogens is 2. The Bertz CT molecular complexity index is 493.